The minimum atomic E-state index is -1.37. The number of amidine groups is 1. The first kappa shape index (κ1) is 14.6. The zero-order valence-corrected chi connectivity index (χ0v) is 13.9. The molecule has 116 valence electrons. The van der Waals surface area contributed by atoms with Crippen LogP contribution in [-0.2, 0) is 9.47 Å². The van der Waals surface area contributed by atoms with E-state index in [0.717, 1.165) is 10.0 Å². The molecule has 2 aliphatic heterocycles. The molecule has 4 rings (SSSR count). The van der Waals surface area contributed by atoms with Crippen LogP contribution in [0, 0.1) is 33.5 Å². The molecule has 0 amide bonds. The first-order valence-corrected chi connectivity index (χ1v) is 8.07. The summed E-state index contributed by atoms with van der Waals surface area (Å²) >= 11 is 3.43. The summed E-state index contributed by atoms with van der Waals surface area (Å²) in [7, 11) is 0. The fraction of sp³-hybridized carbons (Fsp3) is 0.438. The Hall–Kier alpha value is -1.93. The summed E-state index contributed by atoms with van der Waals surface area (Å²) < 4.78 is 12.6. The van der Waals surface area contributed by atoms with Gasteiger partial charge in [0.15, 0.2) is 10.8 Å². The van der Waals surface area contributed by atoms with Crippen molar-refractivity contribution in [3.05, 3.63) is 34.3 Å². The molecular weight excluding hydrogens is 360 g/mol. The highest BCUT2D eigenvalue weighted by molar-refractivity contribution is 9.10. The molecule has 23 heavy (non-hydrogen) atoms. The van der Waals surface area contributed by atoms with Crippen LogP contribution >= 0.6 is 15.9 Å². The van der Waals surface area contributed by atoms with E-state index in [4.69, 9.17) is 15.2 Å². The van der Waals surface area contributed by atoms with E-state index in [9.17, 15) is 10.5 Å². The SMILES string of the molecule is C[C@H]1CO[C@@]2([NH+]=C(N)[C@@]3(C#N)[C@@H](c4cccc(Br)c4)[C@@]23C#N)O1. The average Bonchev–Trinajstić information content (AvgIpc) is 2.93. The van der Waals surface area contributed by atoms with Crippen molar-refractivity contribution >= 4 is 21.8 Å². The van der Waals surface area contributed by atoms with Gasteiger partial charge in [-0.3, -0.25) is 5.73 Å². The van der Waals surface area contributed by atoms with E-state index in [1.54, 1.807) is 0 Å². The molecule has 6 nitrogen and oxygen atoms in total. The molecule has 1 aromatic rings. The quantitative estimate of drug-likeness (QED) is 0.726. The lowest BCUT2D eigenvalue weighted by Gasteiger charge is -2.24. The predicted molar refractivity (Wildman–Crippen MR) is 82.4 cm³/mol. The van der Waals surface area contributed by atoms with Crippen LogP contribution < -0.4 is 10.7 Å². The number of rotatable bonds is 1. The zero-order valence-electron chi connectivity index (χ0n) is 12.3. The molecule has 1 saturated carbocycles. The highest BCUT2D eigenvalue weighted by Gasteiger charge is 2.97. The molecule has 1 aliphatic carbocycles. The number of nitriles is 2. The Balaban J connectivity index is 1.93. The van der Waals surface area contributed by atoms with Crippen molar-refractivity contribution in [2.24, 2.45) is 16.6 Å². The van der Waals surface area contributed by atoms with Gasteiger partial charge < -0.3 is 9.47 Å². The number of fused-ring (bicyclic) bond motifs is 2. The molecule has 0 bridgehead atoms. The fourth-order valence-corrected chi connectivity index (χ4v) is 4.57. The summed E-state index contributed by atoms with van der Waals surface area (Å²) in [5, 5.41) is 19.9. The maximum atomic E-state index is 10.0. The van der Waals surface area contributed by atoms with Gasteiger partial charge in [0.05, 0.1) is 24.8 Å². The van der Waals surface area contributed by atoms with Gasteiger partial charge in [-0.25, -0.2) is 4.99 Å². The number of hydrogen-bond donors (Lipinski definition) is 2. The van der Waals surface area contributed by atoms with Crippen molar-refractivity contribution < 1.29 is 14.5 Å². The second-order valence-corrected chi connectivity index (χ2v) is 7.14. The van der Waals surface area contributed by atoms with E-state index >= 15 is 0 Å². The van der Waals surface area contributed by atoms with Gasteiger partial charge in [-0.1, -0.05) is 28.1 Å². The predicted octanol–water partition coefficient (Wildman–Crippen LogP) is 0.107. The smallest absolute Gasteiger partial charge is 0.311 e. The van der Waals surface area contributed by atoms with E-state index in [2.05, 4.69) is 33.1 Å². The lowest BCUT2D eigenvalue weighted by atomic mass is 9.94. The van der Waals surface area contributed by atoms with Gasteiger partial charge in [-0.05, 0) is 24.6 Å². The monoisotopic (exact) mass is 373 g/mol. The van der Waals surface area contributed by atoms with Crippen molar-refractivity contribution in [1.82, 2.24) is 0 Å². The normalized spacial score (nSPS) is 43.6. The average molecular weight is 374 g/mol. The standard InChI is InChI=1S/C16H13BrN4O2/c1-9-6-22-16(23-9)15(8-19)12(10-3-2-4-11(17)5-10)14(15,7-18)13(20)21-16/h2-5,9,12H,6H2,1H3,(H2,20,21)/p+1/t9-,12+,14+,15+,16+/m0/s1. The lowest BCUT2D eigenvalue weighted by molar-refractivity contribution is -0.677. The molecule has 1 saturated heterocycles. The van der Waals surface area contributed by atoms with Gasteiger partial charge in [-0.15, -0.1) is 0 Å². The van der Waals surface area contributed by atoms with E-state index in [0.29, 0.717) is 6.61 Å². The minimum Gasteiger partial charge on any atom is -0.311 e. The van der Waals surface area contributed by atoms with Crippen molar-refractivity contribution in [3.8, 4) is 12.1 Å². The summed E-state index contributed by atoms with van der Waals surface area (Å²) in [5.74, 6) is -1.54. The third-order valence-corrected chi connectivity index (χ3v) is 5.56. The summed E-state index contributed by atoms with van der Waals surface area (Å²) in [6, 6.07) is 12.1. The Labute approximate surface area is 141 Å². The number of benzene rings is 1. The Morgan fingerprint density at radius 3 is 2.74 bits per heavy atom. The Kier molecular flexibility index (Phi) is 2.76. The molecule has 0 aromatic heterocycles. The molecule has 7 heteroatoms. The first-order chi connectivity index (χ1) is 11.0. The van der Waals surface area contributed by atoms with E-state index in [1.165, 1.54) is 0 Å². The third kappa shape index (κ3) is 1.41. The molecule has 0 radical (unpaired) electrons. The van der Waals surface area contributed by atoms with Crippen molar-refractivity contribution in [1.29, 1.82) is 10.5 Å². The van der Waals surface area contributed by atoms with Crippen molar-refractivity contribution in [3.63, 3.8) is 0 Å². The number of nitrogens with two attached hydrogens (primary N) is 1. The number of nitrogens with zero attached hydrogens (tertiary/aromatic N) is 2. The molecule has 1 aromatic carbocycles. The summed E-state index contributed by atoms with van der Waals surface area (Å²) in [4.78, 5) is 2.95. The summed E-state index contributed by atoms with van der Waals surface area (Å²) in [6.07, 6.45) is -0.182. The van der Waals surface area contributed by atoms with Crippen LogP contribution in [0.15, 0.2) is 28.7 Å². The van der Waals surface area contributed by atoms with Crippen LogP contribution in [0.4, 0.5) is 0 Å². The van der Waals surface area contributed by atoms with Crippen LogP contribution in [0.1, 0.15) is 18.4 Å². The molecule has 3 N–H and O–H groups in total. The highest BCUT2D eigenvalue weighted by Crippen LogP contribution is 2.79. The highest BCUT2D eigenvalue weighted by atomic mass is 79.9. The van der Waals surface area contributed by atoms with Crippen LogP contribution in [0.25, 0.3) is 0 Å². The minimum absolute atomic E-state index is 0.182. The Bertz CT molecular complexity index is 828. The van der Waals surface area contributed by atoms with Crippen LogP contribution in [-0.4, -0.2) is 24.5 Å². The van der Waals surface area contributed by atoms with Crippen molar-refractivity contribution in [2.45, 2.75) is 24.9 Å². The molecule has 2 fully saturated rings. The van der Waals surface area contributed by atoms with Gasteiger partial charge in [-0.2, -0.15) is 10.5 Å². The summed E-state index contributed by atoms with van der Waals surface area (Å²) in [5.41, 5.74) is 4.65. The molecule has 2 heterocycles. The van der Waals surface area contributed by atoms with Crippen LogP contribution in [0.5, 0.6) is 0 Å². The van der Waals surface area contributed by atoms with Gasteiger partial charge in [0.1, 0.15) is 0 Å². The van der Waals surface area contributed by atoms with E-state index in [-0.39, 0.29) is 11.9 Å². The largest absolute Gasteiger partial charge is 0.343 e. The Morgan fingerprint density at radius 1 is 1.39 bits per heavy atom. The molecular formula is C16H14BrN4O2+. The number of hydrogen-bond acceptors (Lipinski definition) is 5. The maximum Gasteiger partial charge on any atom is 0.343 e. The fourth-order valence-electron chi connectivity index (χ4n) is 4.15. The second kappa shape index (κ2) is 4.33. The Morgan fingerprint density at radius 2 is 2.17 bits per heavy atom. The third-order valence-electron chi connectivity index (χ3n) is 5.07. The van der Waals surface area contributed by atoms with Gasteiger partial charge in [0.2, 0.25) is 0 Å². The number of halogens is 1. The van der Waals surface area contributed by atoms with Crippen molar-refractivity contribution in [2.75, 3.05) is 6.61 Å². The summed E-state index contributed by atoms with van der Waals surface area (Å²) in [6.45, 7) is 2.21. The number of ether oxygens (including phenoxy) is 2. The van der Waals surface area contributed by atoms with Crippen LogP contribution in [0.2, 0.25) is 0 Å². The van der Waals surface area contributed by atoms with Crippen LogP contribution in [0.3, 0.4) is 0 Å². The van der Waals surface area contributed by atoms with Gasteiger partial charge in [0, 0.05) is 10.4 Å². The number of nitrogens with one attached hydrogen (secondary N) is 1. The molecule has 3 aliphatic rings. The first-order valence-electron chi connectivity index (χ1n) is 7.28. The molecule has 5 atom stereocenters. The lowest BCUT2D eigenvalue weighted by Crippen LogP contribution is -2.90. The second-order valence-electron chi connectivity index (χ2n) is 6.22. The van der Waals surface area contributed by atoms with E-state index < -0.39 is 22.7 Å². The topological polar surface area (TPSA) is 106 Å². The molecule has 0 unspecified atom stereocenters. The maximum absolute atomic E-state index is 10.0. The zero-order chi connectivity index (χ0) is 16.5. The molecule has 1 spiro atoms. The van der Waals surface area contributed by atoms with Gasteiger partial charge in [0.25, 0.3) is 5.84 Å². The van der Waals surface area contributed by atoms with E-state index in [1.807, 2.05) is 31.2 Å². The van der Waals surface area contributed by atoms with Gasteiger partial charge >= 0.3 is 5.91 Å².